The molecule has 2 aromatic carbocycles. The van der Waals surface area contributed by atoms with Crippen LogP contribution in [0.4, 0.5) is 15.8 Å². The summed E-state index contributed by atoms with van der Waals surface area (Å²) in [6.07, 6.45) is 0. The van der Waals surface area contributed by atoms with Gasteiger partial charge in [-0.25, -0.2) is 4.39 Å². The lowest BCUT2D eigenvalue weighted by atomic mass is 10.1. The van der Waals surface area contributed by atoms with Crippen molar-refractivity contribution in [2.24, 2.45) is 0 Å². The number of carbonyl (C=O) groups excluding carboxylic acids is 3. The summed E-state index contributed by atoms with van der Waals surface area (Å²) in [5, 5.41) is 2.80. The third-order valence-corrected chi connectivity index (χ3v) is 5.71. The van der Waals surface area contributed by atoms with Crippen LogP contribution in [-0.4, -0.2) is 94.2 Å². The van der Waals surface area contributed by atoms with Crippen LogP contribution in [0.15, 0.2) is 48.5 Å². The topological polar surface area (TPSA) is 91.4 Å². The molecule has 0 atom stereocenters. The van der Waals surface area contributed by atoms with E-state index >= 15 is 0 Å². The second kappa shape index (κ2) is 12.8. The Labute approximate surface area is 204 Å². The zero-order valence-corrected chi connectivity index (χ0v) is 20.0. The predicted octanol–water partition coefficient (Wildman–Crippen LogP) is 1.85. The smallest absolute Gasteiger partial charge is 0.256 e. The fourth-order valence-corrected chi connectivity index (χ4v) is 3.81. The number of anilines is 2. The first-order valence-electron chi connectivity index (χ1n) is 11.4. The van der Waals surface area contributed by atoms with Gasteiger partial charge < -0.3 is 29.5 Å². The Kier molecular flexibility index (Phi) is 9.56. The molecule has 0 bridgehead atoms. The van der Waals surface area contributed by atoms with Crippen LogP contribution in [0.5, 0.6) is 0 Å². The van der Waals surface area contributed by atoms with Crippen molar-refractivity contribution < 1.29 is 28.2 Å². The largest absolute Gasteiger partial charge is 0.383 e. The normalized spacial score (nSPS) is 13.5. The molecule has 0 radical (unpaired) electrons. The maximum absolute atomic E-state index is 13.9. The van der Waals surface area contributed by atoms with Crippen molar-refractivity contribution in [1.82, 2.24) is 9.80 Å². The summed E-state index contributed by atoms with van der Waals surface area (Å²) in [6, 6.07) is 13.4. The van der Waals surface area contributed by atoms with Gasteiger partial charge in [0.2, 0.25) is 11.8 Å². The minimum Gasteiger partial charge on any atom is -0.383 e. The van der Waals surface area contributed by atoms with Gasteiger partial charge in [-0.1, -0.05) is 12.1 Å². The molecule has 1 aliphatic rings. The van der Waals surface area contributed by atoms with E-state index in [4.69, 9.17) is 9.47 Å². The van der Waals surface area contributed by atoms with Crippen LogP contribution in [0.25, 0.3) is 0 Å². The van der Waals surface area contributed by atoms with Crippen LogP contribution in [0.2, 0.25) is 0 Å². The van der Waals surface area contributed by atoms with Gasteiger partial charge in [-0.2, -0.15) is 0 Å². The lowest BCUT2D eigenvalue weighted by molar-refractivity contribution is -0.138. The maximum atomic E-state index is 13.9. The molecule has 10 heteroatoms. The van der Waals surface area contributed by atoms with Gasteiger partial charge in [-0.05, 0) is 36.4 Å². The van der Waals surface area contributed by atoms with Crippen LogP contribution in [0, 0.1) is 5.82 Å². The number of methoxy groups -OCH3 is 2. The highest BCUT2D eigenvalue weighted by molar-refractivity contribution is 5.95. The highest BCUT2D eigenvalue weighted by atomic mass is 19.1. The third kappa shape index (κ3) is 7.24. The number of hydrogen-bond acceptors (Lipinski definition) is 6. The summed E-state index contributed by atoms with van der Waals surface area (Å²) in [7, 11) is 2.95. The van der Waals surface area contributed by atoms with Crippen molar-refractivity contribution in [3.8, 4) is 0 Å². The first-order chi connectivity index (χ1) is 16.9. The van der Waals surface area contributed by atoms with E-state index < -0.39 is 5.82 Å². The molecule has 0 aliphatic carbocycles. The average molecular weight is 487 g/mol. The van der Waals surface area contributed by atoms with E-state index in [2.05, 4.69) is 10.2 Å². The second-order valence-corrected chi connectivity index (χ2v) is 8.10. The molecule has 1 heterocycles. The Morgan fingerprint density at radius 2 is 1.66 bits per heavy atom. The molecule has 0 spiro atoms. The van der Waals surface area contributed by atoms with Gasteiger partial charge in [0.05, 0.1) is 12.2 Å². The Morgan fingerprint density at radius 1 is 0.971 bits per heavy atom. The molecule has 35 heavy (non-hydrogen) atoms. The van der Waals surface area contributed by atoms with E-state index in [0.717, 1.165) is 5.69 Å². The van der Waals surface area contributed by atoms with E-state index in [9.17, 15) is 18.8 Å². The highest BCUT2D eigenvalue weighted by Crippen LogP contribution is 2.21. The minimum absolute atomic E-state index is 0.0887. The van der Waals surface area contributed by atoms with Gasteiger partial charge >= 0.3 is 0 Å². The van der Waals surface area contributed by atoms with Gasteiger partial charge in [0.25, 0.3) is 5.91 Å². The molecule has 0 unspecified atom stereocenters. The zero-order chi connectivity index (χ0) is 25.2. The Bertz CT molecular complexity index is 1010. The number of nitrogens with one attached hydrogen (secondary N) is 1. The standard InChI is InChI=1S/C25H31FN4O5/c1-34-16-15-30(24(32)18-35-2)17-23(31)27-19-7-9-20(10-8-19)28-11-13-29(14-12-28)25(33)21-5-3-4-6-22(21)26/h3-10H,11-18H2,1-2H3,(H,27,31). The van der Waals surface area contributed by atoms with E-state index in [1.165, 1.54) is 31.3 Å². The Morgan fingerprint density at radius 3 is 2.29 bits per heavy atom. The number of halogens is 1. The van der Waals surface area contributed by atoms with Crippen molar-refractivity contribution in [1.29, 1.82) is 0 Å². The molecule has 1 aliphatic heterocycles. The fourth-order valence-electron chi connectivity index (χ4n) is 3.81. The van der Waals surface area contributed by atoms with Gasteiger partial charge in [0.15, 0.2) is 0 Å². The second-order valence-electron chi connectivity index (χ2n) is 8.10. The van der Waals surface area contributed by atoms with Gasteiger partial charge in [0, 0.05) is 58.3 Å². The van der Waals surface area contributed by atoms with Crippen molar-refractivity contribution >= 4 is 29.1 Å². The predicted molar refractivity (Wildman–Crippen MR) is 130 cm³/mol. The van der Waals surface area contributed by atoms with Gasteiger partial charge in [-0.3, -0.25) is 14.4 Å². The van der Waals surface area contributed by atoms with Crippen molar-refractivity contribution in [3.05, 3.63) is 59.9 Å². The molecule has 3 rings (SSSR count). The number of carbonyl (C=O) groups is 3. The van der Waals surface area contributed by atoms with E-state index in [1.54, 1.807) is 29.2 Å². The Balaban J connectivity index is 1.52. The summed E-state index contributed by atoms with van der Waals surface area (Å²) < 4.78 is 23.8. The van der Waals surface area contributed by atoms with Crippen molar-refractivity contribution in [2.75, 3.05) is 76.9 Å². The fraction of sp³-hybridized carbons (Fsp3) is 0.400. The van der Waals surface area contributed by atoms with E-state index in [-0.39, 0.29) is 43.0 Å². The molecule has 0 aromatic heterocycles. The van der Waals surface area contributed by atoms with Crippen LogP contribution >= 0.6 is 0 Å². The van der Waals surface area contributed by atoms with Gasteiger partial charge in [-0.15, -0.1) is 0 Å². The molecular weight excluding hydrogens is 455 g/mol. The molecule has 1 saturated heterocycles. The molecule has 1 N–H and O–H groups in total. The lowest BCUT2D eigenvalue weighted by Gasteiger charge is -2.36. The van der Waals surface area contributed by atoms with Crippen molar-refractivity contribution in [3.63, 3.8) is 0 Å². The van der Waals surface area contributed by atoms with Crippen molar-refractivity contribution in [2.45, 2.75) is 0 Å². The number of nitrogens with zero attached hydrogens (tertiary/aromatic N) is 3. The number of ether oxygens (including phenoxy) is 2. The lowest BCUT2D eigenvalue weighted by Crippen LogP contribution is -2.49. The van der Waals surface area contributed by atoms with E-state index in [0.29, 0.717) is 38.5 Å². The maximum Gasteiger partial charge on any atom is 0.256 e. The first kappa shape index (κ1) is 26.1. The number of piperazine rings is 1. The molecule has 0 saturated carbocycles. The highest BCUT2D eigenvalue weighted by Gasteiger charge is 2.24. The van der Waals surface area contributed by atoms with Crippen LogP contribution in [0.1, 0.15) is 10.4 Å². The molecule has 3 amide bonds. The minimum atomic E-state index is -0.512. The number of hydrogen-bond donors (Lipinski definition) is 1. The average Bonchev–Trinajstić information content (AvgIpc) is 2.87. The van der Waals surface area contributed by atoms with Crippen LogP contribution < -0.4 is 10.2 Å². The van der Waals surface area contributed by atoms with Gasteiger partial charge in [0.1, 0.15) is 19.0 Å². The molecule has 9 nitrogen and oxygen atoms in total. The quantitative estimate of drug-likeness (QED) is 0.551. The monoisotopic (exact) mass is 486 g/mol. The van der Waals surface area contributed by atoms with Crippen LogP contribution in [-0.2, 0) is 19.1 Å². The summed E-state index contributed by atoms with van der Waals surface area (Å²) in [5.74, 6) is -1.42. The third-order valence-electron chi connectivity index (χ3n) is 5.71. The number of benzene rings is 2. The summed E-state index contributed by atoms with van der Waals surface area (Å²) >= 11 is 0. The van der Waals surface area contributed by atoms with Crippen LogP contribution in [0.3, 0.4) is 0 Å². The Hall–Kier alpha value is -3.50. The van der Waals surface area contributed by atoms with E-state index in [1.807, 2.05) is 12.1 Å². The number of amides is 3. The zero-order valence-electron chi connectivity index (χ0n) is 20.0. The first-order valence-corrected chi connectivity index (χ1v) is 11.4. The summed E-state index contributed by atoms with van der Waals surface area (Å²) in [6.45, 7) is 2.59. The molecule has 188 valence electrons. The summed E-state index contributed by atoms with van der Waals surface area (Å²) in [4.78, 5) is 42.4. The summed E-state index contributed by atoms with van der Waals surface area (Å²) in [5.41, 5.74) is 1.65. The molecule has 2 aromatic rings. The SMILES string of the molecule is COCCN(CC(=O)Nc1ccc(N2CCN(C(=O)c3ccccc3F)CC2)cc1)C(=O)COC. The number of rotatable bonds is 10. The molecular formula is C25H31FN4O5. The molecule has 1 fully saturated rings.